The van der Waals surface area contributed by atoms with Crippen molar-refractivity contribution in [1.82, 2.24) is 9.80 Å². The highest BCUT2D eigenvalue weighted by Crippen LogP contribution is 2.31. The fraction of sp³-hybridized carbons (Fsp3) is 0.435. The third-order valence-electron chi connectivity index (χ3n) is 5.48. The quantitative estimate of drug-likeness (QED) is 0.404. The smallest absolute Gasteiger partial charge is 0.225 e. The molecule has 1 aliphatic carbocycles. The van der Waals surface area contributed by atoms with E-state index < -0.39 is 0 Å². The molecule has 1 saturated carbocycles. The van der Waals surface area contributed by atoms with Crippen molar-refractivity contribution in [1.29, 1.82) is 5.41 Å². The Morgan fingerprint density at radius 2 is 1.83 bits per heavy atom. The van der Waals surface area contributed by atoms with Gasteiger partial charge in [-0.1, -0.05) is 6.07 Å². The van der Waals surface area contributed by atoms with E-state index in [4.69, 9.17) is 11.1 Å². The lowest BCUT2D eigenvalue weighted by Gasteiger charge is -2.34. The zero-order valence-electron chi connectivity index (χ0n) is 18.0. The van der Waals surface area contributed by atoms with Gasteiger partial charge >= 0.3 is 0 Å². The number of benzene rings is 1. The maximum atomic E-state index is 12.1. The Bertz CT molecular complexity index is 897. The van der Waals surface area contributed by atoms with E-state index in [0.717, 1.165) is 29.5 Å². The Morgan fingerprint density at radius 1 is 1.20 bits per heavy atom. The molecule has 1 aliphatic heterocycles. The number of amides is 1. The van der Waals surface area contributed by atoms with Crippen LogP contribution in [0.25, 0.3) is 5.70 Å². The molecule has 1 saturated heterocycles. The Balaban J connectivity index is 1.56. The molecule has 1 aromatic rings. The van der Waals surface area contributed by atoms with E-state index >= 15 is 0 Å². The van der Waals surface area contributed by atoms with Crippen molar-refractivity contribution >= 4 is 23.8 Å². The Labute approximate surface area is 178 Å². The van der Waals surface area contributed by atoms with E-state index in [2.05, 4.69) is 4.99 Å². The van der Waals surface area contributed by atoms with Crippen LogP contribution >= 0.6 is 0 Å². The van der Waals surface area contributed by atoms with E-state index in [1.807, 2.05) is 36.6 Å². The molecule has 0 unspecified atom stereocenters. The molecule has 30 heavy (non-hydrogen) atoms. The highest BCUT2D eigenvalue weighted by molar-refractivity contribution is 5.90. The number of aliphatic imine (C=N–C) groups is 1. The van der Waals surface area contributed by atoms with Crippen LogP contribution in [-0.4, -0.2) is 59.2 Å². The van der Waals surface area contributed by atoms with Crippen LogP contribution in [-0.2, 0) is 4.79 Å². The first-order valence-electron chi connectivity index (χ1n) is 10.4. The molecular weight excluding hydrogens is 378 g/mol. The van der Waals surface area contributed by atoms with Crippen LogP contribution in [0, 0.1) is 25.2 Å². The molecule has 0 aromatic heterocycles. The third kappa shape index (κ3) is 5.28. The summed E-state index contributed by atoms with van der Waals surface area (Å²) in [7, 11) is 0. The lowest BCUT2D eigenvalue weighted by Crippen LogP contribution is -2.50. The maximum Gasteiger partial charge on any atom is 0.225 e. The van der Waals surface area contributed by atoms with Crippen molar-refractivity contribution in [3.63, 3.8) is 0 Å². The van der Waals surface area contributed by atoms with Crippen LogP contribution in [0.15, 0.2) is 34.9 Å². The summed E-state index contributed by atoms with van der Waals surface area (Å²) in [6.45, 7) is 8.32. The van der Waals surface area contributed by atoms with E-state index in [9.17, 15) is 9.90 Å². The molecule has 0 bridgehead atoms. The van der Waals surface area contributed by atoms with Crippen LogP contribution in [0.2, 0.25) is 0 Å². The van der Waals surface area contributed by atoms with Gasteiger partial charge in [-0.2, -0.15) is 0 Å². The number of aryl methyl sites for hydroxylation is 2. The summed E-state index contributed by atoms with van der Waals surface area (Å²) in [5.41, 5.74) is 10.1. The Morgan fingerprint density at radius 3 is 2.43 bits per heavy atom. The van der Waals surface area contributed by atoms with E-state index in [1.54, 1.807) is 24.4 Å². The van der Waals surface area contributed by atoms with Gasteiger partial charge in [0.2, 0.25) is 11.9 Å². The van der Waals surface area contributed by atoms with Gasteiger partial charge in [0.05, 0.1) is 0 Å². The van der Waals surface area contributed by atoms with Gasteiger partial charge in [0.15, 0.2) is 0 Å². The van der Waals surface area contributed by atoms with Gasteiger partial charge in [-0.3, -0.25) is 10.2 Å². The standard InChI is InChI=1S/C23H31N5O2/c1-15(13-19(24)21-17(3)12-16(2)14-20(21)29)6-7-26-23(25)28-10-8-27(9-11-28)22(30)18-4-5-18/h6-7,12-14,18,25,29H,4-5,8-11,24H2,1-3H3/b15-6+,19-13-,25-23?,26-7-. The van der Waals surface area contributed by atoms with E-state index in [1.165, 1.54) is 0 Å². The first-order valence-corrected chi connectivity index (χ1v) is 10.4. The fourth-order valence-corrected chi connectivity index (χ4v) is 3.72. The molecule has 1 amide bonds. The average molecular weight is 410 g/mol. The van der Waals surface area contributed by atoms with Gasteiger partial charge in [-0.25, -0.2) is 4.99 Å². The number of hydrogen-bond donors (Lipinski definition) is 3. The number of hydrogen-bond acceptors (Lipinski definition) is 4. The van der Waals surface area contributed by atoms with Gasteiger partial charge in [-0.05, 0) is 68.5 Å². The third-order valence-corrected chi connectivity index (χ3v) is 5.48. The monoisotopic (exact) mass is 409 g/mol. The molecule has 3 rings (SSSR count). The number of aromatic hydroxyl groups is 1. The van der Waals surface area contributed by atoms with E-state index in [0.29, 0.717) is 37.4 Å². The number of phenols is 1. The second-order valence-electron chi connectivity index (χ2n) is 8.17. The summed E-state index contributed by atoms with van der Waals surface area (Å²) in [6.07, 6.45) is 7.20. The van der Waals surface area contributed by atoms with Gasteiger partial charge in [0.1, 0.15) is 5.75 Å². The number of carbonyl (C=O) groups is 1. The van der Waals surface area contributed by atoms with Crippen LogP contribution in [0.1, 0.15) is 36.5 Å². The van der Waals surface area contributed by atoms with Gasteiger partial charge < -0.3 is 20.6 Å². The van der Waals surface area contributed by atoms with Gasteiger partial charge in [0.25, 0.3) is 0 Å². The lowest BCUT2D eigenvalue weighted by atomic mass is 10.0. The zero-order valence-corrected chi connectivity index (χ0v) is 18.0. The maximum absolute atomic E-state index is 12.1. The van der Waals surface area contributed by atoms with Crippen LogP contribution in [0.3, 0.4) is 0 Å². The number of allylic oxidation sites excluding steroid dienone is 3. The van der Waals surface area contributed by atoms with E-state index in [-0.39, 0.29) is 23.5 Å². The highest BCUT2D eigenvalue weighted by Gasteiger charge is 2.34. The number of nitrogens with two attached hydrogens (primary N) is 1. The second kappa shape index (κ2) is 9.15. The summed E-state index contributed by atoms with van der Waals surface area (Å²) >= 11 is 0. The van der Waals surface area contributed by atoms with Crippen molar-refractivity contribution in [2.75, 3.05) is 26.2 Å². The van der Waals surface area contributed by atoms with Gasteiger partial charge in [-0.15, -0.1) is 0 Å². The number of piperazine rings is 1. The molecule has 0 radical (unpaired) electrons. The van der Waals surface area contributed by atoms with Crippen molar-refractivity contribution in [2.24, 2.45) is 16.6 Å². The van der Waals surface area contributed by atoms with Crippen molar-refractivity contribution in [3.05, 3.63) is 46.5 Å². The predicted octanol–water partition coefficient (Wildman–Crippen LogP) is 2.81. The summed E-state index contributed by atoms with van der Waals surface area (Å²) in [5, 5.41) is 18.4. The number of nitrogens with one attached hydrogen (secondary N) is 1. The first-order chi connectivity index (χ1) is 14.3. The summed E-state index contributed by atoms with van der Waals surface area (Å²) < 4.78 is 0. The molecule has 0 atom stereocenters. The van der Waals surface area contributed by atoms with Crippen molar-refractivity contribution < 1.29 is 9.90 Å². The molecule has 4 N–H and O–H groups in total. The second-order valence-corrected chi connectivity index (χ2v) is 8.17. The molecule has 160 valence electrons. The fourth-order valence-electron chi connectivity index (χ4n) is 3.72. The SMILES string of the molecule is CC(/C=C(\N)c1c(C)cc(C)cc1O)=C\C=N/C(=N)N1CCN(C(=O)C2CC2)CC1. The Kier molecular flexibility index (Phi) is 6.59. The molecule has 2 aliphatic rings. The number of rotatable bonds is 4. The largest absolute Gasteiger partial charge is 0.507 e. The number of carbonyl (C=O) groups excluding carboxylic acids is 1. The minimum atomic E-state index is 0.170. The topological polar surface area (TPSA) is 106 Å². The lowest BCUT2D eigenvalue weighted by molar-refractivity contribution is -0.133. The van der Waals surface area contributed by atoms with Crippen LogP contribution in [0.4, 0.5) is 0 Å². The first kappa shape index (κ1) is 21.6. The normalized spacial score (nSPS) is 18.2. The molecule has 1 heterocycles. The molecule has 1 aromatic carbocycles. The Hall–Kier alpha value is -3.09. The molecule has 0 spiro atoms. The number of nitrogens with zero attached hydrogens (tertiary/aromatic N) is 3. The number of phenolic OH excluding ortho intramolecular Hbond substituents is 1. The van der Waals surface area contributed by atoms with Crippen LogP contribution in [0.5, 0.6) is 5.75 Å². The van der Waals surface area contributed by atoms with Crippen molar-refractivity contribution in [3.8, 4) is 5.75 Å². The minimum absolute atomic E-state index is 0.170. The minimum Gasteiger partial charge on any atom is -0.507 e. The number of guanidine groups is 1. The average Bonchev–Trinajstić information content (AvgIpc) is 3.51. The summed E-state index contributed by atoms with van der Waals surface area (Å²) in [5.74, 6) is 0.876. The zero-order chi connectivity index (χ0) is 21.8. The summed E-state index contributed by atoms with van der Waals surface area (Å²) in [6, 6.07) is 3.68. The van der Waals surface area contributed by atoms with Crippen molar-refractivity contribution in [2.45, 2.75) is 33.6 Å². The summed E-state index contributed by atoms with van der Waals surface area (Å²) in [4.78, 5) is 20.1. The van der Waals surface area contributed by atoms with Crippen LogP contribution < -0.4 is 5.73 Å². The van der Waals surface area contributed by atoms with Gasteiger partial charge in [0, 0.05) is 49.6 Å². The molecule has 7 heteroatoms. The highest BCUT2D eigenvalue weighted by atomic mass is 16.3. The molecule has 7 nitrogen and oxygen atoms in total. The molecular formula is C23H31N5O2. The predicted molar refractivity (Wildman–Crippen MR) is 121 cm³/mol. The molecule has 2 fully saturated rings.